The van der Waals surface area contributed by atoms with Crippen LogP contribution in [-0.4, -0.2) is 45.2 Å². The van der Waals surface area contributed by atoms with E-state index in [-0.39, 0.29) is 12.8 Å². The second-order valence-corrected chi connectivity index (χ2v) is 7.46. The predicted octanol–water partition coefficient (Wildman–Crippen LogP) is 3.64. The number of esters is 2. The van der Waals surface area contributed by atoms with Crippen LogP contribution in [-0.2, 0) is 36.7 Å². The number of benzene rings is 2. The second kappa shape index (κ2) is 10.1. The van der Waals surface area contributed by atoms with E-state index < -0.39 is 30.9 Å². The average Bonchev–Trinajstić information content (AvgIpc) is 3.44. The molecule has 0 aliphatic rings. The van der Waals surface area contributed by atoms with Crippen molar-refractivity contribution < 1.29 is 42.2 Å². The fraction of sp³-hybridized carbons (Fsp3) is 0.240. The minimum Gasteiger partial charge on any atom is -0.497 e. The monoisotopic (exact) mass is 466 g/mol. The Morgan fingerprint density at radius 1 is 0.706 bits per heavy atom. The minimum atomic E-state index is -0.599. The fourth-order valence-electron chi connectivity index (χ4n) is 3.43. The van der Waals surface area contributed by atoms with Crippen molar-refractivity contribution in [3.05, 3.63) is 60.1 Å². The molecule has 0 amide bonds. The number of ketones is 1. The van der Waals surface area contributed by atoms with Crippen LogP contribution in [0.1, 0.15) is 11.1 Å². The molecule has 2 heterocycles. The zero-order valence-electron chi connectivity index (χ0n) is 18.6. The maximum Gasteiger partial charge on any atom is 0.310 e. The Bertz CT molecular complexity index is 1240. The molecule has 2 aromatic heterocycles. The van der Waals surface area contributed by atoms with Crippen LogP contribution in [0.15, 0.2) is 57.8 Å². The van der Waals surface area contributed by atoms with Gasteiger partial charge in [0.25, 0.3) is 0 Å². The summed E-state index contributed by atoms with van der Waals surface area (Å²) in [4.78, 5) is 36.3. The van der Waals surface area contributed by atoms with Crippen molar-refractivity contribution in [3.63, 3.8) is 0 Å². The van der Waals surface area contributed by atoms with Gasteiger partial charge in [-0.05, 0) is 24.3 Å². The van der Waals surface area contributed by atoms with E-state index in [2.05, 4.69) is 0 Å². The van der Waals surface area contributed by atoms with Crippen LogP contribution >= 0.6 is 0 Å². The molecule has 2 aromatic carbocycles. The Morgan fingerprint density at radius 2 is 1.15 bits per heavy atom. The molecular formula is C25H22O9. The summed E-state index contributed by atoms with van der Waals surface area (Å²) < 4.78 is 31.2. The molecule has 0 bridgehead atoms. The van der Waals surface area contributed by atoms with Gasteiger partial charge in [-0.2, -0.15) is 0 Å². The first-order valence-electron chi connectivity index (χ1n) is 10.4. The lowest BCUT2D eigenvalue weighted by Gasteiger charge is -2.05. The summed E-state index contributed by atoms with van der Waals surface area (Å²) >= 11 is 0. The Morgan fingerprint density at radius 3 is 1.56 bits per heavy atom. The Hall–Kier alpha value is -4.27. The van der Waals surface area contributed by atoms with E-state index in [1.54, 1.807) is 50.6 Å². The number of carbonyl (C=O) groups is 3. The summed E-state index contributed by atoms with van der Waals surface area (Å²) in [7, 11) is 3.10. The van der Waals surface area contributed by atoms with Gasteiger partial charge >= 0.3 is 11.9 Å². The number of furan rings is 2. The van der Waals surface area contributed by atoms with Crippen molar-refractivity contribution in [2.24, 2.45) is 0 Å². The van der Waals surface area contributed by atoms with Crippen LogP contribution in [0.25, 0.3) is 21.9 Å². The zero-order chi connectivity index (χ0) is 24.1. The molecule has 0 saturated carbocycles. The molecule has 0 N–H and O–H groups in total. The largest absolute Gasteiger partial charge is 0.497 e. The molecule has 0 atom stereocenters. The van der Waals surface area contributed by atoms with E-state index in [0.29, 0.717) is 33.8 Å². The van der Waals surface area contributed by atoms with E-state index in [0.717, 1.165) is 10.8 Å². The van der Waals surface area contributed by atoms with Crippen LogP contribution in [0, 0.1) is 0 Å². The Labute approximate surface area is 194 Å². The first-order chi connectivity index (χ1) is 16.5. The van der Waals surface area contributed by atoms with Gasteiger partial charge in [-0.1, -0.05) is 0 Å². The topological polar surface area (TPSA) is 114 Å². The lowest BCUT2D eigenvalue weighted by molar-refractivity contribution is -0.152. The second-order valence-electron chi connectivity index (χ2n) is 7.46. The summed E-state index contributed by atoms with van der Waals surface area (Å²) in [5, 5.41) is 1.51. The van der Waals surface area contributed by atoms with Gasteiger partial charge in [-0.25, -0.2) is 0 Å². The first-order valence-corrected chi connectivity index (χ1v) is 10.4. The average molecular weight is 466 g/mol. The highest BCUT2D eigenvalue weighted by Gasteiger charge is 2.16. The lowest BCUT2D eigenvalue weighted by atomic mass is 10.1. The van der Waals surface area contributed by atoms with Crippen LogP contribution in [0.5, 0.6) is 11.5 Å². The Balaban J connectivity index is 1.23. The number of Topliss-reactive ketones (excluding diaryl/α,β-unsaturated/α-hetero) is 1. The normalized spacial score (nSPS) is 10.9. The molecule has 176 valence electrons. The molecule has 9 heteroatoms. The van der Waals surface area contributed by atoms with Crippen LogP contribution in [0.4, 0.5) is 0 Å². The number of methoxy groups -OCH3 is 2. The summed E-state index contributed by atoms with van der Waals surface area (Å²) in [6, 6.07) is 10.5. The van der Waals surface area contributed by atoms with Crippen molar-refractivity contribution in [1.29, 1.82) is 0 Å². The summed E-state index contributed by atoms with van der Waals surface area (Å²) in [6.45, 7) is -0.992. The third-order valence-corrected chi connectivity index (χ3v) is 5.18. The van der Waals surface area contributed by atoms with Crippen molar-refractivity contribution in [1.82, 2.24) is 0 Å². The lowest BCUT2D eigenvalue weighted by Crippen LogP contribution is -2.21. The van der Waals surface area contributed by atoms with Crippen LogP contribution < -0.4 is 9.47 Å². The number of hydrogen-bond donors (Lipinski definition) is 0. The highest BCUT2D eigenvalue weighted by atomic mass is 16.6. The van der Waals surface area contributed by atoms with Crippen molar-refractivity contribution >= 4 is 39.7 Å². The highest BCUT2D eigenvalue weighted by Crippen LogP contribution is 2.27. The van der Waals surface area contributed by atoms with Gasteiger partial charge in [0.1, 0.15) is 22.7 Å². The number of hydrogen-bond acceptors (Lipinski definition) is 9. The highest BCUT2D eigenvalue weighted by molar-refractivity contribution is 5.90. The maximum atomic E-state index is 12.1. The molecule has 4 rings (SSSR count). The van der Waals surface area contributed by atoms with E-state index in [1.807, 2.05) is 0 Å². The molecule has 4 aromatic rings. The summed E-state index contributed by atoms with van der Waals surface area (Å²) in [5.74, 6) is -0.461. The van der Waals surface area contributed by atoms with Gasteiger partial charge in [-0.3, -0.25) is 14.4 Å². The van der Waals surface area contributed by atoms with Gasteiger partial charge in [0, 0.05) is 34.0 Å². The van der Waals surface area contributed by atoms with E-state index >= 15 is 0 Å². The van der Waals surface area contributed by atoms with Crippen molar-refractivity contribution in [2.45, 2.75) is 12.8 Å². The zero-order valence-corrected chi connectivity index (χ0v) is 18.6. The van der Waals surface area contributed by atoms with Gasteiger partial charge in [0.15, 0.2) is 13.2 Å². The molecule has 34 heavy (non-hydrogen) atoms. The van der Waals surface area contributed by atoms with Gasteiger partial charge in [-0.15, -0.1) is 0 Å². The third kappa shape index (κ3) is 5.20. The summed E-state index contributed by atoms with van der Waals surface area (Å²) in [6.07, 6.45) is 2.80. The third-order valence-electron chi connectivity index (χ3n) is 5.18. The Kier molecular flexibility index (Phi) is 6.82. The van der Waals surface area contributed by atoms with E-state index in [9.17, 15) is 14.4 Å². The molecule has 0 aliphatic heterocycles. The smallest absolute Gasteiger partial charge is 0.310 e. The molecule has 0 fully saturated rings. The van der Waals surface area contributed by atoms with Gasteiger partial charge in [0.2, 0.25) is 5.78 Å². The molecule has 9 nitrogen and oxygen atoms in total. The number of ether oxygens (including phenoxy) is 4. The van der Waals surface area contributed by atoms with Gasteiger partial charge in [0.05, 0.1) is 39.6 Å². The molecule has 0 saturated heterocycles. The number of rotatable bonds is 10. The SMILES string of the molecule is COc1ccc2c(CC(=O)OCC(=O)COC(=O)Cc3coc4cc(OC)ccc34)coc2c1. The van der Waals surface area contributed by atoms with Crippen molar-refractivity contribution in [3.8, 4) is 11.5 Å². The van der Waals surface area contributed by atoms with Gasteiger partial charge < -0.3 is 27.8 Å². The quantitative estimate of drug-likeness (QED) is 0.323. The fourth-order valence-corrected chi connectivity index (χ4v) is 3.43. The van der Waals surface area contributed by atoms with E-state index in [1.165, 1.54) is 12.5 Å². The molecule has 0 unspecified atom stereocenters. The van der Waals surface area contributed by atoms with Crippen molar-refractivity contribution in [2.75, 3.05) is 27.4 Å². The number of carbonyl (C=O) groups excluding carboxylic acids is 3. The van der Waals surface area contributed by atoms with E-state index in [4.69, 9.17) is 27.8 Å². The minimum absolute atomic E-state index is 0.0647. The number of fused-ring (bicyclic) bond motifs is 2. The maximum absolute atomic E-state index is 12.1. The predicted molar refractivity (Wildman–Crippen MR) is 120 cm³/mol. The molecular weight excluding hydrogens is 444 g/mol. The van der Waals surface area contributed by atoms with Crippen LogP contribution in [0.2, 0.25) is 0 Å². The van der Waals surface area contributed by atoms with Crippen LogP contribution in [0.3, 0.4) is 0 Å². The molecule has 0 radical (unpaired) electrons. The molecule has 0 spiro atoms. The standard InChI is InChI=1S/C25H22O9/c1-29-18-3-5-20-15(11-31-22(20)9-18)7-24(27)33-13-17(26)14-34-25(28)8-16-12-32-23-10-19(30-2)4-6-21(16)23/h3-6,9-12H,7-8,13-14H2,1-2H3. The first kappa shape index (κ1) is 22.9. The summed E-state index contributed by atoms with van der Waals surface area (Å²) in [5.41, 5.74) is 2.42. The molecule has 0 aliphatic carbocycles.